The van der Waals surface area contributed by atoms with Crippen LogP contribution in [0.5, 0.6) is 17.2 Å². The van der Waals surface area contributed by atoms with E-state index in [9.17, 15) is 4.79 Å². The highest BCUT2D eigenvalue weighted by Crippen LogP contribution is 2.38. The number of methoxy groups -OCH3 is 3. The van der Waals surface area contributed by atoms with Gasteiger partial charge in [0, 0.05) is 6.08 Å². The van der Waals surface area contributed by atoms with Gasteiger partial charge in [0.05, 0.1) is 38.1 Å². The van der Waals surface area contributed by atoms with Gasteiger partial charge in [-0.1, -0.05) is 47.7 Å². The Morgan fingerprint density at radius 1 is 0.971 bits per heavy atom. The third-order valence-electron chi connectivity index (χ3n) is 5.86. The normalized spacial score (nSPS) is 11.1. The molecule has 0 unspecified atom stereocenters. The number of carbonyl (C=O) groups is 1. The highest BCUT2D eigenvalue weighted by Gasteiger charge is 2.20. The number of thiazole rings is 1. The fraction of sp³-hybridized carbons (Fsp3) is 0.214. The highest BCUT2D eigenvalue weighted by molar-refractivity contribution is 7.22. The Balaban J connectivity index is 1.71. The number of anilines is 1. The van der Waals surface area contributed by atoms with Crippen molar-refractivity contribution >= 4 is 38.7 Å². The number of ether oxygens (including phenoxy) is 3. The van der Waals surface area contributed by atoms with Gasteiger partial charge in [0.2, 0.25) is 5.75 Å². The number of nitrogens with zero attached hydrogens (tertiary/aromatic N) is 2. The second kappa shape index (κ2) is 10.6. The summed E-state index contributed by atoms with van der Waals surface area (Å²) in [5.41, 5.74) is 5.02. The Kier molecular flexibility index (Phi) is 7.36. The summed E-state index contributed by atoms with van der Waals surface area (Å²) in [6.45, 7) is 4.55. The smallest absolute Gasteiger partial charge is 0.253 e. The molecule has 0 aliphatic carbocycles. The fourth-order valence-electron chi connectivity index (χ4n) is 3.79. The molecule has 3 aromatic carbocycles. The van der Waals surface area contributed by atoms with Crippen LogP contribution in [-0.4, -0.2) is 32.2 Å². The van der Waals surface area contributed by atoms with Crippen LogP contribution in [0.3, 0.4) is 0 Å². The molecule has 0 aliphatic rings. The molecule has 35 heavy (non-hydrogen) atoms. The van der Waals surface area contributed by atoms with Gasteiger partial charge in [-0.15, -0.1) is 0 Å². The average molecular weight is 489 g/mol. The quantitative estimate of drug-likeness (QED) is 0.277. The minimum atomic E-state index is -0.170. The second-order valence-corrected chi connectivity index (χ2v) is 9.06. The number of amides is 1. The molecule has 0 radical (unpaired) electrons. The number of rotatable bonds is 8. The monoisotopic (exact) mass is 488 g/mol. The lowest BCUT2D eigenvalue weighted by atomic mass is 10.1. The Morgan fingerprint density at radius 3 is 2.29 bits per heavy atom. The summed E-state index contributed by atoms with van der Waals surface area (Å²) in [5.74, 6) is 1.38. The second-order valence-electron chi connectivity index (χ2n) is 8.05. The van der Waals surface area contributed by atoms with Crippen LogP contribution < -0.4 is 19.1 Å². The van der Waals surface area contributed by atoms with Crippen molar-refractivity contribution in [1.29, 1.82) is 0 Å². The van der Waals surface area contributed by atoms with Crippen molar-refractivity contribution in [3.05, 3.63) is 82.9 Å². The summed E-state index contributed by atoms with van der Waals surface area (Å²) in [7, 11) is 4.69. The topological polar surface area (TPSA) is 60.9 Å². The van der Waals surface area contributed by atoms with E-state index >= 15 is 0 Å². The maximum Gasteiger partial charge on any atom is 0.253 e. The molecule has 0 bridgehead atoms. The zero-order valence-electron chi connectivity index (χ0n) is 20.5. The predicted molar refractivity (Wildman–Crippen MR) is 142 cm³/mol. The van der Waals surface area contributed by atoms with Crippen molar-refractivity contribution < 1.29 is 19.0 Å². The maximum absolute atomic E-state index is 13.5. The van der Waals surface area contributed by atoms with Crippen molar-refractivity contribution in [3.63, 3.8) is 0 Å². The molecule has 0 spiro atoms. The van der Waals surface area contributed by atoms with Crippen molar-refractivity contribution in [2.45, 2.75) is 20.4 Å². The molecule has 1 amide bonds. The average Bonchev–Trinajstić information content (AvgIpc) is 3.32. The molecule has 0 N–H and O–H groups in total. The Hall–Kier alpha value is -3.84. The van der Waals surface area contributed by atoms with Gasteiger partial charge < -0.3 is 14.2 Å². The lowest BCUT2D eigenvalue weighted by Gasteiger charge is -2.18. The largest absolute Gasteiger partial charge is 0.493 e. The van der Waals surface area contributed by atoms with Crippen LogP contribution in [0.4, 0.5) is 5.13 Å². The van der Waals surface area contributed by atoms with Crippen molar-refractivity contribution in [1.82, 2.24) is 4.98 Å². The molecule has 0 aliphatic heterocycles. The van der Waals surface area contributed by atoms with Gasteiger partial charge in [0.1, 0.15) is 0 Å². The Bertz CT molecular complexity index is 1350. The van der Waals surface area contributed by atoms with Gasteiger partial charge in [-0.3, -0.25) is 9.69 Å². The third kappa shape index (κ3) is 5.15. The minimum absolute atomic E-state index is 0.170. The van der Waals surface area contributed by atoms with Crippen LogP contribution in [0.25, 0.3) is 16.3 Å². The first-order valence-corrected chi connectivity index (χ1v) is 12.0. The van der Waals surface area contributed by atoms with Crippen LogP contribution in [0.1, 0.15) is 22.3 Å². The lowest BCUT2D eigenvalue weighted by molar-refractivity contribution is -0.114. The molecule has 0 atom stereocenters. The van der Waals surface area contributed by atoms with Gasteiger partial charge in [0.25, 0.3) is 5.91 Å². The van der Waals surface area contributed by atoms with Gasteiger partial charge in [0.15, 0.2) is 16.6 Å². The minimum Gasteiger partial charge on any atom is -0.493 e. The predicted octanol–water partition coefficient (Wildman–Crippen LogP) is 6.19. The summed E-state index contributed by atoms with van der Waals surface area (Å²) in [4.78, 5) is 20.1. The molecular weight excluding hydrogens is 460 g/mol. The van der Waals surface area contributed by atoms with E-state index in [1.165, 1.54) is 16.9 Å². The zero-order valence-corrected chi connectivity index (χ0v) is 21.3. The van der Waals surface area contributed by atoms with E-state index < -0.39 is 0 Å². The van der Waals surface area contributed by atoms with Crippen molar-refractivity contribution in [3.8, 4) is 17.2 Å². The number of aryl methyl sites for hydroxylation is 2. The molecule has 180 valence electrons. The molecule has 1 heterocycles. The van der Waals surface area contributed by atoms with E-state index in [4.69, 9.17) is 19.2 Å². The van der Waals surface area contributed by atoms with Gasteiger partial charge >= 0.3 is 0 Å². The van der Waals surface area contributed by atoms with E-state index in [1.54, 1.807) is 50.5 Å². The first kappa shape index (κ1) is 24.3. The molecule has 4 rings (SSSR count). The van der Waals surface area contributed by atoms with E-state index in [2.05, 4.69) is 26.0 Å². The molecule has 4 aromatic rings. The Morgan fingerprint density at radius 2 is 1.66 bits per heavy atom. The fourth-order valence-corrected chi connectivity index (χ4v) is 4.82. The SMILES string of the molecule is COc1cc(/C=C/C(=O)N(Cc2ccccc2)c2nc3c(C)c(C)ccc3s2)cc(OC)c1OC. The number of carbonyl (C=O) groups excluding carboxylic acids is 1. The molecule has 6 nitrogen and oxygen atoms in total. The first-order valence-electron chi connectivity index (χ1n) is 11.2. The highest BCUT2D eigenvalue weighted by atomic mass is 32.1. The van der Waals surface area contributed by atoms with Gasteiger partial charge in [-0.05, 0) is 60.4 Å². The van der Waals surface area contributed by atoms with Crippen LogP contribution in [0.2, 0.25) is 0 Å². The lowest BCUT2D eigenvalue weighted by Crippen LogP contribution is -2.28. The number of fused-ring (bicyclic) bond motifs is 1. The first-order chi connectivity index (χ1) is 16.9. The standard InChI is InChI=1S/C28H28N2O4S/c1-18-11-13-24-26(19(18)2)29-28(35-24)30(17-20-9-7-6-8-10-20)25(31)14-12-21-15-22(32-3)27(34-5)23(16-21)33-4/h6-16H,17H2,1-5H3/b14-12+. The number of hydrogen-bond donors (Lipinski definition) is 0. The molecule has 1 aromatic heterocycles. The third-order valence-corrected chi connectivity index (χ3v) is 6.90. The number of hydrogen-bond acceptors (Lipinski definition) is 6. The van der Waals surface area contributed by atoms with E-state index in [0.29, 0.717) is 28.9 Å². The van der Waals surface area contributed by atoms with Gasteiger partial charge in [-0.2, -0.15) is 0 Å². The summed E-state index contributed by atoms with van der Waals surface area (Å²) in [6, 6.07) is 17.7. The summed E-state index contributed by atoms with van der Waals surface area (Å²) in [5, 5.41) is 0.664. The number of benzene rings is 3. The molecule has 0 saturated carbocycles. The van der Waals surface area contributed by atoms with E-state index in [1.807, 2.05) is 30.3 Å². The van der Waals surface area contributed by atoms with Gasteiger partial charge in [-0.25, -0.2) is 4.98 Å². The molecule has 0 saturated heterocycles. The van der Waals surface area contributed by atoms with Crippen molar-refractivity contribution in [2.24, 2.45) is 0 Å². The van der Waals surface area contributed by atoms with Crippen LogP contribution in [0.15, 0.2) is 60.7 Å². The van der Waals surface area contributed by atoms with Crippen LogP contribution in [0, 0.1) is 13.8 Å². The molecular formula is C28H28N2O4S. The van der Waals surface area contributed by atoms with Crippen LogP contribution >= 0.6 is 11.3 Å². The zero-order chi connectivity index (χ0) is 24.9. The summed E-state index contributed by atoms with van der Waals surface area (Å²) in [6.07, 6.45) is 3.29. The molecule has 7 heteroatoms. The summed E-state index contributed by atoms with van der Waals surface area (Å²) < 4.78 is 17.3. The summed E-state index contributed by atoms with van der Waals surface area (Å²) >= 11 is 1.52. The van der Waals surface area contributed by atoms with E-state index in [-0.39, 0.29) is 5.91 Å². The Labute approximate surface area is 209 Å². The van der Waals surface area contributed by atoms with Crippen LogP contribution in [-0.2, 0) is 11.3 Å². The number of aromatic nitrogens is 1. The molecule has 0 fully saturated rings. The maximum atomic E-state index is 13.5. The van der Waals surface area contributed by atoms with Crippen molar-refractivity contribution in [2.75, 3.05) is 26.2 Å². The van der Waals surface area contributed by atoms with E-state index in [0.717, 1.165) is 26.9 Å².